The Hall–Kier alpha value is -1.94. The van der Waals surface area contributed by atoms with Crippen LogP contribution in [0, 0.1) is 5.92 Å². The Morgan fingerprint density at radius 3 is 0.755 bits per heavy atom. The topological polar surface area (TPSA) is 237 Å². The van der Waals surface area contributed by atoms with E-state index in [0.29, 0.717) is 25.7 Å². The van der Waals surface area contributed by atoms with Crippen LogP contribution < -0.4 is 0 Å². The van der Waals surface area contributed by atoms with E-state index in [1.54, 1.807) is 0 Å². The van der Waals surface area contributed by atoms with Gasteiger partial charge in [0, 0.05) is 25.7 Å². The predicted octanol–water partition coefficient (Wildman–Crippen LogP) is 22.1. The first-order valence-corrected chi connectivity index (χ1v) is 42.2. The molecule has 0 radical (unpaired) electrons. The van der Waals surface area contributed by atoms with E-state index in [2.05, 4.69) is 34.6 Å². The summed E-state index contributed by atoms with van der Waals surface area (Å²) in [6.45, 7) is 7.27. The van der Waals surface area contributed by atoms with Crippen LogP contribution >= 0.6 is 15.6 Å². The minimum absolute atomic E-state index is 0.107. The van der Waals surface area contributed by atoms with Crippen LogP contribution in [0.25, 0.3) is 0 Å². The van der Waals surface area contributed by atoms with E-state index >= 15 is 0 Å². The van der Waals surface area contributed by atoms with Gasteiger partial charge in [-0.15, -0.1) is 0 Å². The van der Waals surface area contributed by atoms with E-state index in [9.17, 15) is 43.2 Å². The maximum atomic E-state index is 13.1. The van der Waals surface area contributed by atoms with E-state index in [0.717, 1.165) is 109 Å². The molecule has 19 heteroatoms. The lowest BCUT2D eigenvalue weighted by Crippen LogP contribution is -2.30. The molecule has 0 fully saturated rings. The van der Waals surface area contributed by atoms with Crippen molar-refractivity contribution in [3.05, 3.63) is 0 Å². The fraction of sp³-hybridized carbons (Fsp3) is 0.947. The van der Waals surface area contributed by atoms with Gasteiger partial charge in [-0.05, 0) is 31.6 Å². The second-order valence-corrected chi connectivity index (χ2v) is 30.2. The summed E-state index contributed by atoms with van der Waals surface area (Å²) in [4.78, 5) is 72.6. The Morgan fingerprint density at radius 2 is 0.511 bits per heavy atom. The van der Waals surface area contributed by atoms with Gasteiger partial charge in [-0.1, -0.05) is 343 Å². The molecule has 6 atom stereocenters. The quantitative estimate of drug-likeness (QED) is 0.0222. The van der Waals surface area contributed by atoms with Gasteiger partial charge in [0.25, 0.3) is 0 Å². The van der Waals surface area contributed by atoms with Gasteiger partial charge in [0.15, 0.2) is 12.2 Å². The van der Waals surface area contributed by atoms with Crippen molar-refractivity contribution in [2.24, 2.45) is 5.92 Å². The van der Waals surface area contributed by atoms with Crippen molar-refractivity contribution in [3.8, 4) is 0 Å². The molecule has 0 rings (SSSR count). The number of rotatable bonds is 75. The van der Waals surface area contributed by atoms with Gasteiger partial charge in [0.2, 0.25) is 0 Å². The maximum absolute atomic E-state index is 13.1. The third kappa shape index (κ3) is 67.3. The van der Waals surface area contributed by atoms with Gasteiger partial charge in [-0.25, -0.2) is 9.13 Å². The molecule has 558 valence electrons. The van der Waals surface area contributed by atoms with E-state index in [1.165, 1.54) is 205 Å². The largest absolute Gasteiger partial charge is 0.472 e. The molecule has 0 saturated carbocycles. The first-order valence-electron chi connectivity index (χ1n) is 39.2. The molecule has 17 nitrogen and oxygen atoms in total. The van der Waals surface area contributed by atoms with Crippen molar-refractivity contribution >= 4 is 39.5 Å². The number of aliphatic hydroxyl groups excluding tert-OH is 1. The zero-order valence-electron chi connectivity index (χ0n) is 61.1. The molecule has 0 aliphatic heterocycles. The number of phosphoric ester groups is 2. The number of carbonyl (C=O) groups excluding carboxylic acids is 4. The Labute approximate surface area is 575 Å². The monoisotopic (exact) mass is 1380 g/mol. The van der Waals surface area contributed by atoms with Crippen molar-refractivity contribution < 1.29 is 80.2 Å². The smallest absolute Gasteiger partial charge is 0.462 e. The zero-order valence-corrected chi connectivity index (χ0v) is 62.9. The highest BCUT2D eigenvalue weighted by atomic mass is 31.2. The second-order valence-electron chi connectivity index (χ2n) is 27.3. The molecule has 0 aromatic carbocycles. The maximum Gasteiger partial charge on any atom is 0.472 e. The number of carbonyl (C=O) groups is 4. The van der Waals surface area contributed by atoms with Crippen LogP contribution in [0.3, 0.4) is 0 Å². The lowest BCUT2D eigenvalue weighted by atomic mass is 9.99. The summed E-state index contributed by atoms with van der Waals surface area (Å²) in [5, 5.41) is 10.6. The number of ether oxygens (including phenoxy) is 4. The Balaban J connectivity index is 5.16. The molecule has 0 saturated heterocycles. The first kappa shape index (κ1) is 92.1. The average Bonchev–Trinajstić information content (AvgIpc) is 2.63. The summed E-state index contributed by atoms with van der Waals surface area (Å²) in [6.07, 6.45) is 57.0. The van der Waals surface area contributed by atoms with Crippen LogP contribution in [-0.4, -0.2) is 96.7 Å². The van der Waals surface area contributed by atoms with Crippen molar-refractivity contribution in [2.75, 3.05) is 39.6 Å². The van der Waals surface area contributed by atoms with Gasteiger partial charge < -0.3 is 33.8 Å². The molecule has 94 heavy (non-hydrogen) atoms. The van der Waals surface area contributed by atoms with Gasteiger partial charge in [0.1, 0.15) is 19.3 Å². The molecule has 0 heterocycles. The number of phosphoric acid groups is 2. The lowest BCUT2D eigenvalue weighted by Gasteiger charge is -2.21. The summed E-state index contributed by atoms with van der Waals surface area (Å²) in [5.41, 5.74) is 0. The SMILES string of the molecule is CCCCCCCCCCCCCCCCCCCCCCCC(=O)O[C@H](COC(=O)CCCCCCCCCCCCC(C)CC)COP(=O)(O)OC[C@@H](O)COP(=O)(O)OC[C@@H](COC(=O)CCCCCCCCC)OC(=O)CCCCCCCCCCCCCC. The van der Waals surface area contributed by atoms with Crippen LogP contribution in [0.1, 0.15) is 394 Å². The molecule has 0 bridgehead atoms. The van der Waals surface area contributed by atoms with Crippen LogP contribution in [0.4, 0.5) is 0 Å². The molecule has 3 unspecified atom stereocenters. The third-order valence-corrected chi connectivity index (χ3v) is 19.8. The first-order chi connectivity index (χ1) is 45.6. The molecular weight excluding hydrogens is 1230 g/mol. The molecule has 3 N–H and O–H groups in total. The number of esters is 4. The summed E-state index contributed by atoms with van der Waals surface area (Å²) < 4.78 is 68.4. The van der Waals surface area contributed by atoms with Crippen molar-refractivity contribution in [3.63, 3.8) is 0 Å². The number of unbranched alkanes of at least 4 members (excludes halogenated alkanes) is 46. The Morgan fingerprint density at radius 1 is 0.298 bits per heavy atom. The standard InChI is InChI=1S/C75H146O17P2/c1-6-10-13-16-19-21-23-25-26-27-28-29-30-31-32-33-35-41-46-51-56-61-75(80)92-71(65-86-73(78)59-54-49-44-39-37-36-38-43-47-52-57-68(5)9-4)67-90-94(83,84)88-63-69(76)62-87-93(81,82)89-66-70(64-85-72(77)58-53-48-42-18-15-12-8-3)91-74(79)60-55-50-45-40-34-24-22-20-17-14-11-7-2/h68-71,76H,6-67H2,1-5H3,(H,81,82)(H,83,84)/t68?,69-,70+,71+/m0/s1. The third-order valence-electron chi connectivity index (χ3n) is 17.9. The van der Waals surface area contributed by atoms with Crippen molar-refractivity contribution in [1.29, 1.82) is 0 Å². The fourth-order valence-corrected chi connectivity index (χ4v) is 13.1. The number of hydrogen-bond donors (Lipinski definition) is 3. The van der Waals surface area contributed by atoms with E-state index in [1.807, 2.05) is 0 Å². The number of aliphatic hydroxyl groups is 1. The van der Waals surface area contributed by atoms with Crippen molar-refractivity contribution in [2.45, 2.75) is 412 Å². The van der Waals surface area contributed by atoms with Gasteiger partial charge in [0.05, 0.1) is 26.4 Å². The molecule has 0 aromatic heterocycles. The molecular formula is C75H146O17P2. The second kappa shape index (κ2) is 68.2. The summed E-state index contributed by atoms with van der Waals surface area (Å²) in [6, 6.07) is 0. The van der Waals surface area contributed by atoms with Crippen LogP contribution in [-0.2, 0) is 65.4 Å². The molecule has 0 aliphatic carbocycles. The minimum atomic E-state index is -4.95. The summed E-state index contributed by atoms with van der Waals surface area (Å²) >= 11 is 0. The highest BCUT2D eigenvalue weighted by Gasteiger charge is 2.30. The number of hydrogen-bond acceptors (Lipinski definition) is 15. The Kier molecular flexibility index (Phi) is 66.8. The van der Waals surface area contributed by atoms with Gasteiger partial charge in [-0.3, -0.25) is 37.3 Å². The Bertz CT molecular complexity index is 1810. The molecule has 0 aliphatic rings. The van der Waals surface area contributed by atoms with Gasteiger partial charge >= 0.3 is 39.5 Å². The highest BCUT2D eigenvalue weighted by Crippen LogP contribution is 2.45. The zero-order chi connectivity index (χ0) is 69.1. The average molecular weight is 1380 g/mol. The normalized spacial score (nSPS) is 14.3. The molecule has 0 aromatic rings. The van der Waals surface area contributed by atoms with Gasteiger partial charge in [-0.2, -0.15) is 0 Å². The molecule has 0 amide bonds. The minimum Gasteiger partial charge on any atom is -0.462 e. The summed E-state index contributed by atoms with van der Waals surface area (Å²) in [5.74, 6) is -1.31. The van der Waals surface area contributed by atoms with Crippen LogP contribution in [0.2, 0.25) is 0 Å². The highest BCUT2D eigenvalue weighted by molar-refractivity contribution is 7.47. The van der Waals surface area contributed by atoms with E-state index in [4.69, 9.17) is 37.0 Å². The fourth-order valence-electron chi connectivity index (χ4n) is 11.5. The van der Waals surface area contributed by atoms with Crippen molar-refractivity contribution in [1.82, 2.24) is 0 Å². The summed E-state index contributed by atoms with van der Waals surface area (Å²) in [7, 11) is -9.90. The van der Waals surface area contributed by atoms with Crippen LogP contribution in [0.15, 0.2) is 0 Å². The lowest BCUT2D eigenvalue weighted by molar-refractivity contribution is -0.161. The predicted molar refractivity (Wildman–Crippen MR) is 382 cm³/mol. The molecule has 0 spiro atoms. The van der Waals surface area contributed by atoms with E-state index < -0.39 is 97.5 Å². The van der Waals surface area contributed by atoms with E-state index in [-0.39, 0.29) is 25.7 Å². The van der Waals surface area contributed by atoms with Crippen LogP contribution in [0.5, 0.6) is 0 Å².